The summed E-state index contributed by atoms with van der Waals surface area (Å²) in [5, 5.41) is 23.2. The number of hydrogen-bond donors (Lipinski definition) is 2. The quantitative estimate of drug-likeness (QED) is 0.703. The van der Waals surface area contributed by atoms with E-state index in [1.54, 1.807) is 0 Å². The molecule has 0 saturated heterocycles. The van der Waals surface area contributed by atoms with Crippen molar-refractivity contribution in [2.45, 2.75) is 25.7 Å². The number of rotatable bonds is 6. The molecule has 6 heteroatoms. The van der Waals surface area contributed by atoms with Gasteiger partial charge in [0.25, 0.3) is 0 Å². The number of aromatic nitrogens is 2. The molecule has 2 heterocycles. The van der Waals surface area contributed by atoms with Gasteiger partial charge >= 0.3 is 0 Å². The topological polar surface area (TPSA) is 70.8 Å². The molecule has 0 amide bonds. The van der Waals surface area contributed by atoms with Crippen molar-refractivity contribution in [3.05, 3.63) is 77.6 Å². The van der Waals surface area contributed by atoms with Gasteiger partial charge in [0.1, 0.15) is 17.6 Å². The molecule has 4 rings (SSSR count). The van der Waals surface area contributed by atoms with Crippen LogP contribution >= 0.6 is 0 Å². The van der Waals surface area contributed by atoms with Gasteiger partial charge in [0, 0.05) is 19.6 Å². The highest BCUT2D eigenvalue weighted by molar-refractivity contribution is 5.33. The lowest BCUT2D eigenvalue weighted by atomic mass is 10.1. The van der Waals surface area contributed by atoms with E-state index in [-0.39, 0.29) is 6.61 Å². The van der Waals surface area contributed by atoms with E-state index < -0.39 is 6.10 Å². The van der Waals surface area contributed by atoms with Crippen LogP contribution in [0.3, 0.4) is 0 Å². The van der Waals surface area contributed by atoms with Crippen LogP contribution in [0, 0.1) is 0 Å². The van der Waals surface area contributed by atoms with Gasteiger partial charge in [0.15, 0.2) is 0 Å². The third kappa shape index (κ3) is 4.19. The zero-order valence-corrected chi connectivity index (χ0v) is 15.0. The Kier molecular flexibility index (Phi) is 5.20. The minimum Gasteiger partial charge on any atom is -0.457 e. The molecule has 2 aromatic carbocycles. The molecule has 27 heavy (non-hydrogen) atoms. The Labute approximate surface area is 158 Å². The fourth-order valence-electron chi connectivity index (χ4n) is 3.28. The first-order valence-electron chi connectivity index (χ1n) is 9.11. The number of benzene rings is 2. The molecule has 0 radical (unpaired) electrons. The number of aliphatic hydroxyl groups is 2. The van der Waals surface area contributed by atoms with E-state index >= 15 is 0 Å². The highest BCUT2D eigenvalue weighted by Crippen LogP contribution is 2.23. The summed E-state index contributed by atoms with van der Waals surface area (Å²) < 4.78 is 7.75. The van der Waals surface area contributed by atoms with Crippen LogP contribution in [0.5, 0.6) is 11.5 Å². The molecule has 0 bridgehead atoms. The van der Waals surface area contributed by atoms with Crippen molar-refractivity contribution < 1.29 is 14.9 Å². The minimum absolute atomic E-state index is 0.308. The van der Waals surface area contributed by atoms with Crippen LogP contribution in [0.2, 0.25) is 0 Å². The first-order valence-corrected chi connectivity index (χ1v) is 9.11. The second-order valence-electron chi connectivity index (χ2n) is 6.75. The number of nitrogens with zero attached hydrogens (tertiary/aromatic N) is 3. The van der Waals surface area contributed by atoms with Crippen LogP contribution in [0.25, 0.3) is 0 Å². The van der Waals surface area contributed by atoms with Crippen LogP contribution in [-0.4, -0.2) is 38.0 Å². The number of ether oxygens (including phenoxy) is 1. The van der Waals surface area contributed by atoms with E-state index in [9.17, 15) is 5.11 Å². The molecule has 3 aromatic rings. The lowest BCUT2D eigenvalue weighted by molar-refractivity contribution is 0.0915. The maximum atomic E-state index is 9.76. The maximum Gasteiger partial charge on any atom is 0.127 e. The monoisotopic (exact) mass is 365 g/mol. The predicted molar refractivity (Wildman–Crippen MR) is 101 cm³/mol. The molecule has 0 unspecified atom stereocenters. The van der Waals surface area contributed by atoms with Gasteiger partial charge in [-0.15, -0.1) is 0 Å². The fraction of sp³-hybridized carbons (Fsp3) is 0.286. The molecule has 0 saturated carbocycles. The highest BCUT2D eigenvalue weighted by atomic mass is 16.5. The van der Waals surface area contributed by atoms with Crippen molar-refractivity contribution in [2.75, 3.05) is 13.2 Å². The fourth-order valence-corrected chi connectivity index (χ4v) is 3.28. The molecule has 6 nitrogen and oxygen atoms in total. The number of hydrogen-bond acceptors (Lipinski definition) is 5. The van der Waals surface area contributed by atoms with Crippen LogP contribution in [0.4, 0.5) is 0 Å². The third-order valence-electron chi connectivity index (χ3n) is 4.72. The normalized spacial score (nSPS) is 15.3. The lowest BCUT2D eigenvalue weighted by Gasteiger charge is -2.27. The Morgan fingerprint density at radius 2 is 1.74 bits per heavy atom. The van der Waals surface area contributed by atoms with Crippen molar-refractivity contribution in [1.29, 1.82) is 0 Å². The molecule has 0 spiro atoms. The molecule has 1 aromatic heterocycles. The largest absolute Gasteiger partial charge is 0.457 e. The number of para-hydroxylation sites is 1. The van der Waals surface area contributed by atoms with Gasteiger partial charge < -0.3 is 14.9 Å². The van der Waals surface area contributed by atoms with E-state index in [0.717, 1.165) is 43.4 Å². The van der Waals surface area contributed by atoms with E-state index in [4.69, 9.17) is 9.84 Å². The molecule has 0 fully saturated rings. The van der Waals surface area contributed by atoms with Crippen LogP contribution in [0.15, 0.2) is 60.7 Å². The standard InChI is InChI=1S/C21H23N3O3/c25-15-21(26)20-12-17-14-23(10-11-24(17)22-20)13-16-6-8-19(9-7-16)27-18-4-2-1-3-5-18/h1-9,12,21,25-26H,10-11,13-15H2/t21-/m1/s1. The molecule has 0 aliphatic carbocycles. The van der Waals surface area contributed by atoms with Crippen LogP contribution < -0.4 is 4.74 Å². The van der Waals surface area contributed by atoms with E-state index in [1.807, 2.05) is 53.2 Å². The Balaban J connectivity index is 1.38. The van der Waals surface area contributed by atoms with Gasteiger partial charge in [0.05, 0.1) is 24.5 Å². The molecule has 140 valence electrons. The summed E-state index contributed by atoms with van der Waals surface area (Å²) in [6, 6.07) is 19.8. The molecule has 1 aliphatic rings. The highest BCUT2D eigenvalue weighted by Gasteiger charge is 2.20. The van der Waals surface area contributed by atoms with E-state index in [1.165, 1.54) is 5.56 Å². The molecule has 2 N–H and O–H groups in total. The average molecular weight is 365 g/mol. The summed E-state index contributed by atoms with van der Waals surface area (Å²) in [6.45, 7) is 2.98. The van der Waals surface area contributed by atoms with Crippen molar-refractivity contribution >= 4 is 0 Å². The van der Waals surface area contributed by atoms with Gasteiger partial charge in [-0.2, -0.15) is 5.10 Å². The zero-order valence-electron chi connectivity index (χ0n) is 15.0. The molecule has 1 aliphatic heterocycles. The van der Waals surface area contributed by atoms with Gasteiger partial charge in [-0.1, -0.05) is 30.3 Å². The summed E-state index contributed by atoms with van der Waals surface area (Å²) in [7, 11) is 0. The summed E-state index contributed by atoms with van der Waals surface area (Å²) in [5.41, 5.74) is 2.82. The van der Waals surface area contributed by atoms with Crippen molar-refractivity contribution in [3.63, 3.8) is 0 Å². The summed E-state index contributed by atoms with van der Waals surface area (Å²) >= 11 is 0. The van der Waals surface area contributed by atoms with Crippen LogP contribution in [-0.2, 0) is 19.6 Å². The zero-order chi connectivity index (χ0) is 18.6. The second-order valence-corrected chi connectivity index (χ2v) is 6.75. The molecule has 1 atom stereocenters. The summed E-state index contributed by atoms with van der Waals surface area (Å²) in [4.78, 5) is 2.35. The van der Waals surface area contributed by atoms with Crippen LogP contribution in [0.1, 0.15) is 23.1 Å². The SMILES string of the molecule is OC[C@@H](O)c1cc2n(n1)CCN(Cc1ccc(Oc3ccccc3)cc1)C2. The minimum atomic E-state index is -0.909. The summed E-state index contributed by atoms with van der Waals surface area (Å²) in [6.07, 6.45) is -0.909. The first kappa shape index (κ1) is 17.7. The second kappa shape index (κ2) is 7.92. The van der Waals surface area contributed by atoms with Gasteiger partial charge in [0.2, 0.25) is 0 Å². The van der Waals surface area contributed by atoms with Crippen molar-refractivity contribution in [3.8, 4) is 11.5 Å². The smallest absolute Gasteiger partial charge is 0.127 e. The number of fused-ring (bicyclic) bond motifs is 1. The molecular weight excluding hydrogens is 342 g/mol. The Morgan fingerprint density at radius 1 is 1.00 bits per heavy atom. The molecular formula is C21H23N3O3. The Bertz CT molecular complexity index is 877. The van der Waals surface area contributed by atoms with Gasteiger partial charge in [-0.3, -0.25) is 9.58 Å². The van der Waals surface area contributed by atoms with E-state index in [0.29, 0.717) is 5.69 Å². The van der Waals surface area contributed by atoms with Gasteiger partial charge in [-0.05, 0) is 35.9 Å². The lowest BCUT2D eigenvalue weighted by Crippen LogP contribution is -2.33. The average Bonchev–Trinajstić information content (AvgIpc) is 3.13. The number of aliphatic hydroxyl groups excluding tert-OH is 2. The Morgan fingerprint density at radius 3 is 2.48 bits per heavy atom. The Hall–Kier alpha value is -2.67. The van der Waals surface area contributed by atoms with E-state index in [2.05, 4.69) is 22.1 Å². The predicted octanol–water partition coefficient (Wildman–Crippen LogP) is 2.72. The summed E-state index contributed by atoms with van der Waals surface area (Å²) in [5.74, 6) is 1.65. The third-order valence-corrected chi connectivity index (χ3v) is 4.72. The van der Waals surface area contributed by atoms with Crippen molar-refractivity contribution in [2.24, 2.45) is 0 Å². The maximum absolute atomic E-state index is 9.76. The van der Waals surface area contributed by atoms with Gasteiger partial charge in [-0.25, -0.2) is 0 Å². The van der Waals surface area contributed by atoms with Crippen molar-refractivity contribution in [1.82, 2.24) is 14.7 Å². The first-order chi connectivity index (χ1) is 13.2.